The first kappa shape index (κ1) is 22.0. The predicted molar refractivity (Wildman–Crippen MR) is 116 cm³/mol. The molecule has 158 valence electrons. The Labute approximate surface area is 180 Å². The van der Waals surface area contributed by atoms with Crippen LogP contribution in [0.4, 0.5) is 5.69 Å². The number of sulfonamides is 1. The Morgan fingerprint density at radius 2 is 1.67 bits per heavy atom. The normalized spacial score (nSPS) is 12.0. The van der Waals surface area contributed by atoms with E-state index >= 15 is 0 Å². The van der Waals surface area contributed by atoms with Crippen LogP contribution in [-0.4, -0.2) is 34.6 Å². The highest BCUT2D eigenvalue weighted by molar-refractivity contribution is 7.99. The highest BCUT2D eigenvalue weighted by Crippen LogP contribution is 2.26. The van der Waals surface area contributed by atoms with Crippen molar-refractivity contribution in [1.82, 2.24) is 19.5 Å². The maximum absolute atomic E-state index is 12.5. The van der Waals surface area contributed by atoms with Gasteiger partial charge in [0.25, 0.3) is 5.91 Å². The number of nitrogens with zero attached hydrogens (tertiary/aromatic N) is 3. The quantitative estimate of drug-likeness (QED) is 0.603. The smallest absolute Gasteiger partial charge is 0.255 e. The fraction of sp³-hybridized carbons (Fsp3) is 0.250. The summed E-state index contributed by atoms with van der Waals surface area (Å²) in [5, 5.41) is 11.4. The molecule has 0 fully saturated rings. The van der Waals surface area contributed by atoms with Crippen molar-refractivity contribution < 1.29 is 13.2 Å². The zero-order valence-electron chi connectivity index (χ0n) is 17.1. The molecule has 0 saturated heterocycles. The molecule has 3 aromatic rings. The van der Waals surface area contributed by atoms with E-state index in [0.29, 0.717) is 11.3 Å². The Bertz CT molecular complexity index is 1130. The Morgan fingerprint density at radius 3 is 2.20 bits per heavy atom. The van der Waals surface area contributed by atoms with Crippen molar-refractivity contribution >= 4 is 33.4 Å². The third-order valence-electron chi connectivity index (χ3n) is 3.86. The SMILES string of the molecule is Cn1cnnc1Sc1ccc(NC(=O)c2ccc(S(=O)(=O)NC(C)(C)C)cc2)cc1. The van der Waals surface area contributed by atoms with Gasteiger partial charge in [-0.2, -0.15) is 0 Å². The zero-order valence-corrected chi connectivity index (χ0v) is 18.7. The monoisotopic (exact) mass is 445 g/mol. The van der Waals surface area contributed by atoms with Crippen LogP contribution in [0.3, 0.4) is 0 Å². The predicted octanol–water partition coefficient (Wildman–Crippen LogP) is 3.30. The number of aromatic nitrogens is 3. The molecule has 2 aromatic carbocycles. The summed E-state index contributed by atoms with van der Waals surface area (Å²) in [6, 6.07) is 13.2. The van der Waals surface area contributed by atoms with Gasteiger partial charge in [-0.3, -0.25) is 4.79 Å². The number of benzene rings is 2. The molecule has 3 rings (SSSR count). The van der Waals surface area contributed by atoms with Crippen LogP contribution in [-0.2, 0) is 17.1 Å². The van der Waals surface area contributed by atoms with Crippen LogP contribution in [0.15, 0.2) is 69.8 Å². The highest BCUT2D eigenvalue weighted by Gasteiger charge is 2.22. The van der Waals surface area contributed by atoms with Crippen molar-refractivity contribution in [1.29, 1.82) is 0 Å². The van der Waals surface area contributed by atoms with Gasteiger partial charge in [-0.25, -0.2) is 13.1 Å². The minimum absolute atomic E-state index is 0.110. The van der Waals surface area contributed by atoms with Crippen LogP contribution in [0.5, 0.6) is 0 Å². The van der Waals surface area contributed by atoms with Gasteiger partial charge in [-0.15, -0.1) is 10.2 Å². The van der Waals surface area contributed by atoms with E-state index < -0.39 is 15.6 Å². The lowest BCUT2D eigenvalue weighted by Gasteiger charge is -2.20. The lowest BCUT2D eigenvalue weighted by Crippen LogP contribution is -2.40. The molecule has 0 aliphatic rings. The zero-order chi connectivity index (χ0) is 21.9. The molecule has 2 N–H and O–H groups in total. The molecule has 0 aliphatic heterocycles. The van der Waals surface area contributed by atoms with Gasteiger partial charge < -0.3 is 9.88 Å². The lowest BCUT2D eigenvalue weighted by molar-refractivity contribution is 0.102. The molecule has 0 radical (unpaired) electrons. The number of hydrogen-bond donors (Lipinski definition) is 2. The number of nitrogens with one attached hydrogen (secondary N) is 2. The lowest BCUT2D eigenvalue weighted by atomic mass is 10.1. The summed E-state index contributed by atoms with van der Waals surface area (Å²) in [4.78, 5) is 13.6. The van der Waals surface area contributed by atoms with Gasteiger partial charge in [0, 0.05) is 28.7 Å². The maximum Gasteiger partial charge on any atom is 0.255 e. The van der Waals surface area contributed by atoms with Gasteiger partial charge in [-0.1, -0.05) is 0 Å². The molecule has 0 unspecified atom stereocenters. The summed E-state index contributed by atoms with van der Waals surface area (Å²) in [6.07, 6.45) is 1.63. The third-order valence-corrected chi connectivity index (χ3v) is 6.69. The first-order valence-corrected chi connectivity index (χ1v) is 11.4. The van der Waals surface area contributed by atoms with Crippen molar-refractivity contribution in [3.63, 3.8) is 0 Å². The third kappa shape index (κ3) is 5.68. The molecular weight excluding hydrogens is 422 g/mol. The van der Waals surface area contributed by atoms with Crippen LogP contribution in [0.25, 0.3) is 0 Å². The molecule has 0 saturated carbocycles. The Hall–Kier alpha value is -2.69. The fourth-order valence-electron chi connectivity index (χ4n) is 2.53. The molecule has 1 heterocycles. The molecule has 0 aliphatic carbocycles. The largest absolute Gasteiger partial charge is 0.322 e. The van der Waals surface area contributed by atoms with E-state index in [0.717, 1.165) is 10.1 Å². The topological polar surface area (TPSA) is 106 Å². The Kier molecular flexibility index (Phi) is 6.30. The minimum Gasteiger partial charge on any atom is -0.322 e. The highest BCUT2D eigenvalue weighted by atomic mass is 32.2. The van der Waals surface area contributed by atoms with Gasteiger partial charge in [0.1, 0.15) is 6.33 Å². The van der Waals surface area contributed by atoms with E-state index in [2.05, 4.69) is 20.2 Å². The second kappa shape index (κ2) is 8.58. The summed E-state index contributed by atoms with van der Waals surface area (Å²) < 4.78 is 29.1. The number of anilines is 1. The van der Waals surface area contributed by atoms with E-state index in [1.165, 1.54) is 36.0 Å². The van der Waals surface area contributed by atoms with Crippen LogP contribution < -0.4 is 10.0 Å². The number of hydrogen-bond acceptors (Lipinski definition) is 6. The van der Waals surface area contributed by atoms with Gasteiger partial charge >= 0.3 is 0 Å². The van der Waals surface area contributed by atoms with E-state index in [1.54, 1.807) is 39.2 Å². The number of rotatable bonds is 6. The molecule has 1 aromatic heterocycles. The maximum atomic E-state index is 12.5. The minimum atomic E-state index is -3.64. The number of aryl methyl sites for hydroxylation is 1. The first-order valence-electron chi connectivity index (χ1n) is 9.11. The average Bonchev–Trinajstić information content (AvgIpc) is 3.06. The van der Waals surface area contributed by atoms with Crippen molar-refractivity contribution in [3.05, 3.63) is 60.4 Å². The van der Waals surface area contributed by atoms with Crippen LogP contribution in [0, 0.1) is 0 Å². The molecular formula is C20H23N5O3S2. The van der Waals surface area contributed by atoms with Crippen LogP contribution >= 0.6 is 11.8 Å². The van der Waals surface area contributed by atoms with Crippen LogP contribution in [0.1, 0.15) is 31.1 Å². The average molecular weight is 446 g/mol. The number of amides is 1. The fourth-order valence-corrected chi connectivity index (χ4v) is 4.71. The molecule has 0 spiro atoms. The molecule has 10 heteroatoms. The molecule has 8 nitrogen and oxygen atoms in total. The molecule has 0 atom stereocenters. The summed E-state index contributed by atoms with van der Waals surface area (Å²) >= 11 is 1.47. The van der Waals surface area contributed by atoms with E-state index in [4.69, 9.17) is 0 Å². The summed E-state index contributed by atoms with van der Waals surface area (Å²) in [5.41, 5.74) is 0.405. The molecule has 1 amide bonds. The Morgan fingerprint density at radius 1 is 1.03 bits per heavy atom. The summed E-state index contributed by atoms with van der Waals surface area (Å²) in [5.74, 6) is -0.323. The van der Waals surface area contributed by atoms with Crippen molar-refractivity contribution in [3.8, 4) is 0 Å². The van der Waals surface area contributed by atoms with Gasteiger partial charge in [0.2, 0.25) is 10.0 Å². The Balaban J connectivity index is 1.65. The number of carbonyl (C=O) groups excluding carboxylic acids is 1. The van der Waals surface area contributed by atoms with Crippen LogP contribution in [0.2, 0.25) is 0 Å². The van der Waals surface area contributed by atoms with Crippen molar-refractivity contribution in [2.45, 2.75) is 41.3 Å². The van der Waals surface area contributed by atoms with Gasteiger partial charge in [0.15, 0.2) is 5.16 Å². The molecule has 30 heavy (non-hydrogen) atoms. The standard InChI is InChI=1S/C20H23N5O3S2/c1-20(2,3)24-30(27,28)17-11-5-14(6-12-17)18(26)22-15-7-9-16(10-8-15)29-19-23-21-13-25(19)4/h5-13,24H,1-4H3,(H,22,26). The van der Waals surface area contributed by atoms with Crippen molar-refractivity contribution in [2.75, 3.05) is 5.32 Å². The summed E-state index contributed by atoms with van der Waals surface area (Å²) in [6.45, 7) is 5.30. The second-order valence-electron chi connectivity index (χ2n) is 7.68. The van der Waals surface area contributed by atoms with E-state index in [1.807, 2.05) is 23.7 Å². The number of carbonyl (C=O) groups is 1. The second-order valence-corrected chi connectivity index (χ2v) is 10.4. The van der Waals surface area contributed by atoms with Crippen molar-refractivity contribution in [2.24, 2.45) is 7.05 Å². The van der Waals surface area contributed by atoms with Gasteiger partial charge in [-0.05, 0) is 81.1 Å². The summed E-state index contributed by atoms with van der Waals surface area (Å²) in [7, 11) is -1.78. The van der Waals surface area contributed by atoms with E-state index in [-0.39, 0.29) is 10.8 Å². The van der Waals surface area contributed by atoms with Gasteiger partial charge in [0.05, 0.1) is 4.90 Å². The van der Waals surface area contributed by atoms with E-state index in [9.17, 15) is 13.2 Å². The first-order chi connectivity index (χ1) is 14.0. The molecule has 0 bridgehead atoms.